The van der Waals surface area contributed by atoms with E-state index in [0.717, 1.165) is 35.9 Å². The summed E-state index contributed by atoms with van der Waals surface area (Å²) < 4.78 is 16.2. The highest BCUT2D eigenvalue weighted by molar-refractivity contribution is 14.0. The van der Waals surface area contributed by atoms with Crippen LogP contribution in [0.4, 0.5) is 0 Å². The molecule has 0 aromatic heterocycles. The van der Waals surface area contributed by atoms with E-state index in [1.165, 1.54) is 0 Å². The van der Waals surface area contributed by atoms with Crippen molar-refractivity contribution < 1.29 is 19.3 Å². The Morgan fingerprint density at radius 2 is 2.00 bits per heavy atom. The number of guanidine groups is 1. The molecule has 0 aliphatic carbocycles. The molecule has 0 amide bonds. The van der Waals surface area contributed by atoms with Crippen molar-refractivity contribution in [3.8, 4) is 11.5 Å². The van der Waals surface area contributed by atoms with E-state index in [0.29, 0.717) is 26.3 Å². The number of aliphatic hydroxyl groups excluding tert-OH is 1. The van der Waals surface area contributed by atoms with Crippen molar-refractivity contribution in [3.05, 3.63) is 23.8 Å². The van der Waals surface area contributed by atoms with E-state index in [-0.39, 0.29) is 42.8 Å². The molecule has 1 aromatic carbocycles. The molecule has 2 heterocycles. The second-order valence-electron chi connectivity index (χ2n) is 6.71. The monoisotopic (exact) mass is 477 g/mol. The lowest BCUT2D eigenvalue weighted by Crippen LogP contribution is -2.47. The Morgan fingerprint density at radius 1 is 1.27 bits per heavy atom. The lowest BCUT2D eigenvalue weighted by Gasteiger charge is -2.36. The molecule has 146 valence electrons. The fraction of sp³-hybridized carbons (Fsp3) is 0.611. The Kier molecular flexibility index (Phi) is 7.78. The molecule has 2 aliphatic rings. The van der Waals surface area contributed by atoms with E-state index in [9.17, 15) is 5.11 Å². The molecule has 0 bridgehead atoms. The van der Waals surface area contributed by atoms with Crippen LogP contribution < -0.4 is 14.8 Å². The fourth-order valence-corrected chi connectivity index (χ4v) is 3.23. The van der Waals surface area contributed by atoms with Crippen LogP contribution in [0.25, 0.3) is 0 Å². The molecule has 2 N–H and O–H groups in total. The van der Waals surface area contributed by atoms with Gasteiger partial charge in [-0.2, -0.15) is 0 Å². The normalized spacial score (nSPS) is 18.2. The topological polar surface area (TPSA) is 75.6 Å². The van der Waals surface area contributed by atoms with Crippen molar-refractivity contribution in [2.24, 2.45) is 10.4 Å². The number of hydrogen-bond donors (Lipinski definition) is 2. The zero-order valence-corrected chi connectivity index (χ0v) is 17.7. The average Bonchev–Trinajstić information content (AvgIpc) is 3.11. The average molecular weight is 477 g/mol. The van der Waals surface area contributed by atoms with Crippen LogP contribution in [0.15, 0.2) is 23.2 Å². The number of nitrogens with one attached hydrogen (secondary N) is 1. The van der Waals surface area contributed by atoms with Crippen LogP contribution in [0.1, 0.15) is 18.4 Å². The lowest BCUT2D eigenvalue weighted by atomic mass is 9.81. The first kappa shape index (κ1) is 21.0. The number of aliphatic imine (C=N–C) groups is 1. The SMILES string of the molecule is CN=C(NCC1(CO)CCOCC1)N(C)Cc1ccc2c(c1)OCO2.I. The smallest absolute Gasteiger partial charge is 0.231 e. The van der Waals surface area contributed by atoms with Crippen LogP contribution in [0.5, 0.6) is 11.5 Å². The number of hydrogen-bond acceptors (Lipinski definition) is 5. The van der Waals surface area contributed by atoms with Crippen LogP contribution >= 0.6 is 24.0 Å². The summed E-state index contributed by atoms with van der Waals surface area (Å²) in [6.07, 6.45) is 1.72. The van der Waals surface area contributed by atoms with Crippen LogP contribution in [0.3, 0.4) is 0 Å². The summed E-state index contributed by atoms with van der Waals surface area (Å²) in [6.45, 7) is 3.23. The first-order chi connectivity index (χ1) is 12.2. The van der Waals surface area contributed by atoms with Gasteiger partial charge in [-0.3, -0.25) is 4.99 Å². The van der Waals surface area contributed by atoms with Gasteiger partial charge in [-0.05, 0) is 30.5 Å². The van der Waals surface area contributed by atoms with Crippen molar-refractivity contribution >= 4 is 29.9 Å². The molecule has 0 unspecified atom stereocenters. The first-order valence-electron chi connectivity index (χ1n) is 8.65. The third-order valence-electron chi connectivity index (χ3n) is 4.94. The molecule has 0 spiro atoms. The van der Waals surface area contributed by atoms with Gasteiger partial charge in [0.15, 0.2) is 17.5 Å². The minimum absolute atomic E-state index is 0. The second-order valence-corrected chi connectivity index (χ2v) is 6.71. The quantitative estimate of drug-likeness (QED) is 0.383. The maximum absolute atomic E-state index is 9.82. The van der Waals surface area contributed by atoms with Crippen molar-refractivity contribution in [1.29, 1.82) is 0 Å². The standard InChI is InChI=1S/C18H27N3O4.HI/c1-19-17(20-11-18(12-22)5-7-23-8-6-18)21(2)10-14-3-4-15-16(9-14)25-13-24-15;/h3-4,9,22H,5-8,10-13H2,1-2H3,(H,19,20);1H. The maximum Gasteiger partial charge on any atom is 0.231 e. The molecular weight excluding hydrogens is 449 g/mol. The van der Waals surface area contributed by atoms with Gasteiger partial charge in [0.05, 0.1) is 6.61 Å². The number of benzene rings is 1. The van der Waals surface area contributed by atoms with Gasteiger partial charge >= 0.3 is 0 Å². The largest absolute Gasteiger partial charge is 0.454 e. The summed E-state index contributed by atoms with van der Waals surface area (Å²) in [5.41, 5.74) is 0.992. The maximum atomic E-state index is 9.82. The summed E-state index contributed by atoms with van der Waals surface area (Å²) >= 11 is 0. The van der Waals surface area contributed by atoms with Crippen LogP contribution in [-0.4, -0.2) is 63.2 Å². The van der Waals surface area contributed by atoms with Gasteiger partial charge in [0.25, 0.3) is 0 Å². The van der Waals surface area contributed by atoms with Crippen LogP contribution in [-0.2, 0) is 11.3 Å². The molecule has 26 heavy (non-hydrogen) atoms. The Balaban J connectivity index is 0.00000243. The molecular formula is C18H28IN3O4. The van der Waals surface area contributed by atoms with E-state index in [4.69, 9.17) is 14.2 Å². The minimum Gasteiger partial charge on any atom is -0.454 e. The predicted molar refractivity (Wildman–Crippen MR) is 110 cm³/mol. The van der Waals surface area contributed by atoms with Gasteiger partial charge < -0.3 is 29.5 Å². The summed E-state index contributed by atoms with van der Waals surface area (Å²) in [7, 11) is 3.77. The number of fused-ring (bicyclic) bond motifs is 1. The van der Waals surface area contributed by atoms with Crippen molar-refractivity contribution in [2.45, 2.75) is 19.4 Å². The van der Waals surface area contributed by atoms with Gasteiger partial charge in [-0.15, -0.1) is 24.0 Å². The van der Waals surface area contributed by atoms with Crippen molar-refractivity contribution in [3.63, 3.8) is 0 Å². The zero-order valence-electron chi connectivity index (χ0n) is 15.4. The van der Waals surface area contributed by atoms with Gasteiger partial charge in [-0.1, -0.05) is 6.07 Å². The highest BCUT2D eigenvalue weighted by atomic mass is 127. The third-order valence-corrected chi connectivity index (χ3v) is 4.94. The second kappa shape index (κ2) is 9.61. The first-order valence-corrected chi connectivity index (χ1v) is 8.65. The summed E-state index contributed by atoms with van der Waals surface area (Å²) in [5, 5.41) is 13.2. The number of halogens is 1. The highest BCUT2D eigenvalue weighted by Gasteiger charge is 2.32. The summed E-state index contributed by atoms with van der Waals surface area (Å²) in [6, 6.07) is 5.97. The lowest BCUT2D eigenvalue weighted by molar-refractivity contribution is -0.0134. The van der Waals surface area contributed by atoms with Crippen molar-refractivity contribution in [2.75, 3.05) is 47.3 Å². The van der Waals surface area contributed by atoms with E-state index >= 15 is 0 Å². The number of aliphatic hydroxyl groups is 1. The Morgan fingerprint density at radius 3 is 2.69 bits per heavy atom. The molecule has 0 saturated carbocycles. The number of rotatable bonds is 5. The summed E-state index contributed by atoms with van der Waals surface area (Å²) in [5.74, 6) is 2.38. The molecule has 1 aromatic rings. The van der Waals surface area contributed by atoms with Gasteiger partial charge in [0.1, 0.15) is 0 Å². The van der Waals surface area contributed by atoms with Gasteiger partial charge in [0.2, 0.25) is 6.79 Å². The molecule has 3 rings (SSSR count). The zero-order chi connectivity index (χ0) is 17.7. The Hall–Kier alpha value is -1.26. The molecule has 7 nitrogen and oxygen atoms in total. The molecule has 1 fully saturated rings. The molecule has 2 aliphatic heterocycles. The van der Waals surface area contributed by atoms with Gasteiger partial charge in [-0.25, -0.2) is 0 Å². The van der Waals surface area contributed by atoms with E-state index in [2.05, 4.69) is 15.2 Å². The third kappa shape index (κ3) is 4.92. The number of nitrogens with zero attached hydrogens (tertiary/aromatic N) is 2. The molecule has 8 heteroatoms. The molecule has 0 atom stereocenters. The highest BCUT2D eigenvalue weighted by Crippen LogP contribution is 2.33. The Labute approximate surface area is 171 Å². The summed E-state index contributed by atoms with van der Waals surface area (Å²) in [4.78, 5) is 6.43. The van der Waals surface area contributed by atoms with Crippen molar-refractivity contribution in [1.82, 2.24) is 10.2 Å². The van der Waals surface area contributed by atoms with E-state index in [1.54, 1.807) is 7.05 Å². The van der Waals surface area contributed by atoms with Crippen LogP contribution in [0.2, 0.25) is 0 Å². The van der Waals surface area contributed by atoms with Crippen LogP contribution in [0, 0.1) is 5.41 Å². The Bertz CT molecular complexity index is 620. The number of ether oxygens (including phenoxy) is 3. The minimum atomic E-state index is -0.131. The van der Waals surface area contributed by atoms with E-state index < -0.39 is 0 Å². The molecule has 0 radical (unpaired) electrons. The van der Waals surface area contributed by atoms with Gasteiger partial charge in [0, 0.05) is 45.8 Å². The predicted octanol–water partition coefficient (Wildman–Crippen LogP) is 1.83. The van der Waals surface area contributed by atoms with E-state index in [1.807, 2.05) is 25.2 Å². The fourth-order valence-electron chi connectivity index (χ4n) is 3.23. The molecule has 1 saturated heterocycles.